The molecule has 0 aromatic rings. The second-order valence-corrected chi connectivity index (χ2v) is 30.1. The standard InChI is InChI=1S/C18H26O7.C17H21NO6.C16H22O6.C9H16O4.C9H12O2/c1-5-18(2,3)17(21)24-8-12(19)25-15-9-6-10(14(15)22-4)13-11(9)7-23-16(13)20;1-4-16(2,3)14(20)22-7-11(19)23-12-9-5-10-13(12)24-15(21)17(10,6-9)8-18;1-4-16(2,3)15(19)20-7-11(17)21-12-8-5-9-10(6-8)14(18)22-13(9)12;1-5-9(2,3)8(11)13-6-7(10)12-4;10-9-8-6-2-1-5(3-6)7(8)4-11-9/h9-11,13-15H,5-8H2,1-4H3;9-10,12-13H,4-7H2,1-3H3;8-10,12-13H,4-7H2,1-3H3;5-6H2,1-4H3;5-8H,1-4H2. The fraction of sp³-hybridized carbons (Fsp3) is 0.812. The molecule has 12 rings (SSSR count). The molecule has 26 heteroatoms. The lowest BCUT2D eigenvalue weighted by molar-refractivity contribution is -0.176. The van der Waals surface area contributed by atoms with Crippen molar-refractivity contribution in [1.82, 2.24) is 0 Å². The van der Waals surface area contributed by atoms with Gasteiger partial charge in [0.1, 0.15) is 30.5 Å². The van der Waals surface area contributed by atoms with Gasteiger partial charge in [-0.25, -0.2) is 19.2 Å². The van der Waals surface area contributed by atoms with E-state index in [1.165, 1.54) is 26.4 Å². The molecule has 95 heavy (non-hydrogen) atoms. The molecule has 0 radical (unpaired) electrons. The lowest BCUT2D eigenvalue weighted by atomic mass is 9.75. The van der Waals surface area contributed by atoms with Gasteiger partial charge in [0.2, 0.25) is 0 Å². The van der Waals surface area contributed by atoms with E-state index in [9.17, 15) is 62.8 Å². The monoisotopic (exact) mass is 1340 g/mol. The van der Waals surface area contributed by atoms with Crippen LogP contribution in [0.2, 0.25) is 0 Å². The van der Waals surface area contributed by atoms with Crippen LogP contribution in [0.5, 0.6) is 0 Å². The Morgan fingerprint density at radius 2 is 0.937 bits per heavy atom. The van der Waals surface area contributed by atoms with E-state index in [1.54, 1.807) is 62.5 Å². The van der Waals surface area contributed by atoms with E-state index < -0.39 is 106 Å². The molecule has 0 amide bonds. The molecule has 4 aliphatic heterocycles. The molecule has 528 valence electrons. The zero-order valence-corrected chi connectivity index (χ0v) is 57.4. The number of cyclic esters (lactones) is 2. The zero-order chi connectivity index (χ0) is 70.0. The third kappa shape index (κ3) is 15.1. The van der Waals surface area contributed by atoms with Crippen molar-refractivity contribution in [3.8, 4) is 6.07 Å². The highest BCUT2D eigenvalue weighted by Crippen LogP contribution is 2.63. The number of fused-ring (bicyclic) bond motifs is 12. The van der Waals surface area contributed by atoms with Crippen LogP contribution in [0.15, 0.2) is 0 Å². The summed E-state index contributed by atoms with van der Waals surface area (Å²) in [5, 5.41) is 9.33. The highest BCUT2D eigenvalue weighted by molar-refractivity contribution is 5.86. The van der Waals surface area contributed by atoms with Crippen molar-refractivity contribution in [1.29, 1.82) is 5.26 Å². The van der Waals surface area contributed by atoms with Crippen LogP contribution < -0.4 is 0 Å². The van der Waals surface area contributed by atoms with E-state index in [4.69, 9.17) is 56.8 Å². The summed E-state index contributed by atoms with van der Waals surface area (Å²) in [6, 6.07) is 2.10. The fourth-order valence-corrected chi connectivity index (χ4v) is 15.9. The van der Waals surface area contributed by atoms with Crippen LogP contribution in [0.25, 0.3) is 0 Å². The van der Waals surface area contributed by atoms with Crippen LogP contribution >= 0.6 is 0 Å². The predicted molar refractivity (Wildman–Crippen MR) is 325 cm³/mol. The van der Waals surface area contributed by atoms with Gasteiger partial charge in [-0.05, 0) is 144 Å². The molecule has 4 saturated heterocycles. The second-order valence-electron chi connectivity index (χ2n) is 30.1. The molecular weight excluding hydrogens is 1240 g/mol. The highest BCUT2D eigenvalue weighted by Gasteiger charge is 2.72. The van der Waals surface area contributed by atoms with E-state index in [-0.39, 0.29) is 109 Å². The molecule has 26 nitrogen and oxygen atoms in total. The number of rotatable bonds is 20. The van der Waals surface area contributed by atoms with Crippen molar-refractivity contribution in [2.45, 2.75) is 197 Å². The highest BCUT2D eigenvalue weighted by atomic mass is 16.6. The molecule has 20 unspecified atom stereocenters. The van der Waals surface area contributed by atoms with Crippen LogP contribution in [-0.4, -0.2) is 162 Å². The maximum atomic E-state index is 12.2. The van der Waals surface area contributed by atoms with E-state index >= 15 is 0 Å². The summed E-state index contributed by atoms with van der Waals surface area (Å²) in [6.07, 6.45) is 7.36. The Hall–Kier alpha value is -6.91. The normalized spacial score (nSPS) is 34.4. The third-order valence-corrected chi connectivity index (χ3v) is 23.2. The molecule has 8 aliphatic carbocycles. The van der Waals surface area contributed by atoms with Gasteiger partial charge < -0.3 is 61.6 Å². The third-order valence-electron chi connectivity index (χ3n) is 23.2. The van der Waals surface area contributed by atoms with Crippen molar-refractivity contribution in [3.63, 3.8) is 0 Å². The summed E-state index contributed by atoms with van der Waals surface area (Å²) in [5.74, 6) is -2.16. The number of nitriles is 1. The van der Waals surface area contributed by atoms with Crippen LogP contribution in [-0.2, 0) is 119 Å². The van der Waals surface area contributed by atoms with Gasteiger partial charge in [-0.15, -0.1) is 0 Å². The Morgan fingerprint density at radius 3 is 1.41 bits per heavy atom. The van der Waals surface area contributed by atoms with Gasteiger partial charge in [-0.2, -0.15) is 5.26 Å². The number of hydrogen-bond donors (Lipinski definition) is 0. The van der Waals surface area contributed by atoms with Crippen LogP contribution in [0.1, 0.15) is 160 Å². The number of nitrogens with zero attached hydrogens (tertiary/aromatic N) is 1. The van der Waals surface area contributed by atoms with E-state index in [0.29, 0.717) is 62.9 Å². The van der Waals surface area contributed by atoms with Crippen LogP contribution in [0.3, 0.4) is 0 Å². The van der Waals surface area contributed by atoms with Crippen LogP contribution in [0, 0.1) is 115 Å². The summed E-state index contributed by atoms with van der Waals surface area (Å²) in [6.45, 7) is 21.2. The number of ether oxygens (including phenoxy) is 13. The van der Waals surface area contributed by atoms with Crippen LogP contribution in [0.4, 0.5) is 0 Å². The second kappa shape index (κ2) is 29.4. The average Bonchev–Trinajstić information content (AvgIpc) is 1.56. The van der Waals surface area contributed by atoms with Gasteiger partial charge in [0.05, 0.1) is 71.9 Å². The number of esters is 12. The maximum Gasteiger partial charge on any atom is 0.344 e. The number of carbonyl (C=O) groups excluding carboxylic acids is 12. The van der Waals surface area contributed by atoms with Gasteiger partial charge in [0.25, 0.3) is 0 Å². The first-order valence-corrected chi connectivity index (χ1v) is 33.7. The Kier molecular flexibility index (Phi) is 22.9. The minimum absolute atomic E-state index is 0.00636. The molecule has 12 fully saturated rings. The molecule has 4 heterocycles. The SMILES string of the molecule is CCC(C)(C)C(=O)OCC(=O)OC.CCC(C)(C)C(=O)OCC(=O)OC1C2CC(C1OC)C1C(=O)OCC21.CCC(C)(C)C(=O)OCC(=O)OC1C2CC3C(=O)OC1C3C2.CCC(C)(C)C(=O)OCC(=O)OC1C2CC3C1OC(=O)C3(C#N)C2.O=C1OCC2C3CCC(C3)C12. The summed E-state index contributed by atoms with van der Waals surface area (Å²) in [4.78, 5) is 140. The first-order chi connectivity index (χ1) is 44.7. The average molecular weight is 1340 g/mol. The Balaban J connectivity index is 0.000000157. The summed E-state index contributed by atoms with van der Waals surface area (Å²) >= 11 is 0. The van der Waals surface area contributed by atoms with Gasteiger partial charge in [0, 0.05) is 54.5 Å². The van der Waals surface area contributed by atoms with Gasteiger partial charge in [-0.3, -0.25) is 38.4 Å². The van der Waals surface area contributed by atoms with E-state index in [1.807, 2.05) is 27.7 Å². The molecule has 20 atom stereocenters. The van der Waals surface area contributed by atoms with Crippen molar-refractivity contribution >= 4 is 71.6 Å². The molecule has 0 spiro atoms. The minimum atomic E-state index is -1.06. The molecule has 8 saturated carbocycles. The topological polar surface area (TPSA) is 349 Å². The minimum Gasteiger partial charge on any atom is -0.466 e. The smallest absolute Gasteiger partial charge is 0.344 e. The predicted octanol–water partition coefficient (Wildman–Crippen LogP) is 6.49. The van der Waals surface area contributed by atoms with Crippen molar-refractivity contribution in [2.75, 3.05) is 53.9 Å². The van der Waals surface area contributed by atoms with E-state index in [0.717, 1.165) is 31.8 Å². The maximum absolute atomic E-state index is 12.2. The zero-order valence-electron chi connectivity index (χ0n) is 57.4. The van der Waals surface area contributed by atoms with E-state index in [2.05, 4.69) is 10.8 Å². The lowest BCUT2D eigenvalue weighted by Crippen LogP contribution is -2.46. The Labute approximate surface area is 554 Å². The number of hydrogen-bond acceptors (Lipinski definition) is 26. The first-order valence-electron chi connectivity index (χ1n) is 33.7. The molecular formula is C69H97NO25. The Morgan fingerprint density at radius 1 is 0.474 bits per heavy atom. The molecule has 0 aromatic carbocycles. The van der Waals surface area contributed by atoms with Gasteiger partial charge in [0.15, 0.2) is 31.8 Å². The Bertz CT molecular complexity index is 3000. The largest absolute Gasteiger partial charge is 0.466 e. The lowest BCUT2D eigenvalue weighted by Gasteiger charge is -2.34. The number of carbonyl (C=O) groups is 12. The van der Waals surface area contributed by atoms with Crippen molar-refractivity contribution < 1.29 is 119 Å². The quantitative estimate of drug-likeness (QED) is 0.0928. The number of methoxy groups -OCH3 is 2. The fourth-order valence-electron chi connectivity index (χ4n) is 15.9. The van der Waals surface area contributed by atoms with Gasteiger partial charge in [-0.1, -0.05) is 27.7 Å². The molecule has 0 N–H and O–H groups in total. The molecule has 8 bridgehead atoms. The summed E-state index contributed by atoms with van der Waals surface area (Å²) < 4.78 is 67.0. The molecule has 0 aromatic heterocycles. The first kappa shape index (κ1) is 73.9. The summed E-state index contributed by atoms with van der Waals surface area (Å²) in [5.41, 5.74) is -3.48. The molecule has 12 aliphatic rings. The van der Waals surface area contributed by atoms with Crippen molar-refractivity contribution in [3.05, 3.63) is 0 Å². The van der Waals surface area contributed by atoms with Gasteiger partial charge >= 0.3 is 71.6 Å². The summed E-state index contributed by atoms with van der Waals surface area (Å²) in [7, 11) is 2.81. The van der Waals surface area contributed by atoms with Crippen molar-refractivity contribution in [2.24, 2.45) is 104 Å².